The lowest BCUT2D eigenvalue weighted by molar-refractivity contribution is 0.142. The molecule has 2 saturated heterocycles. The van der Waals surface area contributed by atoms with Crippen LogP contribution in [0.1, 0.15) is 65.2 Å². The zero-order valence-corrected chi connectivity index (χ0v) is 15.7. The third-order valence-corrected chi connectivity index (χ3v) is 5.53. The molecule has 4 nitrogen and oxygen atoms in total. The molecule has 0 bridgehead atoms. The van der Waals surface area contributed by atoms with Crippen molar-refractivity contribution in [2.75, 3.05) is 46.3 Å². The summed E-state index contributed by atoms with van der Waals surface area (Å²) in [6, 6.07) is 0. The largest absolute Gasteiger partial charge is 0.356 e. The standard InChI is InChI=1S/C19H38N4/c1-4-10-19(2)11-9-16-23(17-19)18(20-3)21-12-5-6-13-22-14-7-8-15-22/h4-17H2,1-3H3,(H,20,21). The van der Waals surface area contributed by atoms with Crippen molar-refractivity contribution in [2.45, 2.75) is 65.2 Å². The first-order chi connectivity index (χ1) is 11.2. The Balaban J connectivity index is 1.67. The van der Waals surface area contributed by atoms with E-state index in [2.05, 4.69) is 34.0 Å². The summed E-state index contributed by atoms with van der Waals surface area (Å²) in [5.74, 6) is 1.12. The molecule has 4 heteroatoms. The van der Waals surface area contributed by atoms with Gasteiger partial charge in [-0.05, 0) is 70.0 Å². The van der Waals surface area contributed by atoms with E-state index >= 15 is 0 Å². The smallest absolute Gasteiger partial charge is 0.193 e. The van der Waals surface area contributed by atoms with E-state index in [1.54, 1.807) is 0 Å². The molecule has 1 atom stereocenters. The zero-order chi connectivity index (χ0) is 16.5. The summed E-state index contributed by atoms with van der Waals surface area (Å²) in [4.78, 5) is 9.63. The minimum atomic E-state index is 0.473. The van der Waals surface area contributed by atoms with E-state index in [4.69, 9.17) is 0 Å². The number of guanidine groups is 1. The lowest BCUT2D eigenvalue weighted by Gasteiger charge is -2.42. The number of nitrogens with one attached hydrogen (secondary N) is 1. The quantitative estimate of drug-likeness (QED) is 0.443. The Hall–Kier alpha value is -0.770. The van der Waals surface area contributed by atoms with E-state index in [1.165, 1.54) is 71.0 Å². The predicted octanol–water partition coefficient (Wildman–Crippen LogP) is 3.34. The maximum atomic E-state index is 4.53. The molecule has 1 N–H and O–H groups in total. The molecule has 0 amide bonds. The third kappa shape index (κ3) is 5.98. The first kappa shape index (κ1) is 18.6. The summed E-state index contributed by atoms with van der Waals surface area (Å²) in [7, 11) is 1.93. The second-order valence-corrected chi connectivity index (χ2v) is 7.82. The first-order valence-electron chi connectivity index (χ1n) is 9.85. The van der Waals surface area contributed by atoms with Crippen LogP contribution in [0.3, 0.4) is 0 Å². The fourth-order valence-corrected chi connectivity index (χ4v) is 4.30. The molecule has 0 aromatic heterocycles. The van der Waals surface area contributed by atoms with E-state index in [9.17, 15) is 0 Å². The normalized spacial score (nSPS) is 26.7. The number of likely N-dealkylation sites (tertiary alicyclic amines) is 2. The van der Waals surface area contributed by atoms with Crippen molar-refractivity contribution in [3.8, 4) is 0 Å². The fourth-order valence-electron chi connectivity index (χ4n) is 4.30. The van der Waals surface area contributed by atoms with Crippen molar-refractivity contribution >= 4 is 5.96 Å². The Labute approximate surface area is 143 Å². The highest BCUT2D eigenvalue weighted by Crippen LogP contribution is 2.33. The predicted molar refractivity (Wildman–Crippen MR) is 100 cm³/mol. The van der Waals surface area contributed by atoms with Gasteiger partial charge in [-0.25, -0.2) is 0 Å². The minimum absolute atomic E-state index is 0.473. The van der Waals surface area contributed by atoms with Crippen LogP contribution in [0.15, 0.2) is 4.99 Å². The summed E-state index contributed by atoms with van der Waals surface area (Å²) < 4.78 is 0. The van der Waals surface area contributed by atoms with Gasteiger partial charge in [-0.15, -0.1) is 0 Å². The highest BCUT2D eigenvalue weighted by atomic mass is 15.3. The van der Waals surface area contributed by atoms with Crippen molar-refractivity contribution in [3.05, 3.63) is 0 Å². The van der Waals surface area contributed by atoms with Crippen LogP contribution in [-0.2, 0) is 0 Å². The zero-order valence-electron chi connectivity index (χ0n) is 15.7. The summed E-state index contributed by atoms with van der Waals surface area (Å²) in [6.45, 7) is 12.0. The van der Waals surface area contributed by atoms with E-state index in [0.717, 1.165) is 25.6 Å². The molecular formula is C19H38N4. The highest BCUT2D eigenvalue weighted by molar-refractivity contribution is 5.80. The van der Waals surface area contributed by atoms with Crippen LogP contribution >= 0.6 is 0 Å². The van der Waals surface area contributed by atoms with Crippen LogP contribution in [0, 0.1) is 5.41 Å². The molecule has 1 unspecified atom stereocenters. The van der Waals surface area contributed by atoms with Gasteiger partial charge in [-0.1, -0.05) is 20.3 Å². The Morgan fingerprint density at radius 2 is 1.91 bits per heavy atom. The number of nitrogens with zero attached hydrogens (tertiary/aromatic N) is 3. The van der Waals surface area contributed by atoms with Crippen molar-refractivity contribution in [1.82, 2.24) is 15.1 Å². The van der Waals surface area contributed by atoms with Crippen LogP contribution in [0.5, 0.6) is 0 Å². The Morgan fingerprint density at radius 3 is 2.61 bits per heavy atom. The molecule has 2 heterocycles. The molecule has 2 aliphatic heterocycles. The van der Waals surface area contributed by atoms with Crippen LogP contribution in [0.4, 0.5) is 0 Å². The number of aliphatic imine (C=N–C) groups is 1. The summed E-state index contributed by atoms with van der Waals surface area (Å²) in [6.07, 6.45) is 10.6. The van der Waals surface area contributed by atoms with Crippen LogP contribution < -0.4 is 5.32 Å². The first-order valence-corrected chi connectivity index (χ1v) is 9.85. The van der Waals surface area contributed by atoms with Crippen molar-refractivity contribution in [3.63, 3.8) is 0 Å². The van der Waals surface area contributed by atoms with E-state index in [1.807, 2.05) is 7.05 Å². The molecular weight excluding hydrogens is 284 g/mol. The average molecular weight is 323 g/mol. The summed E-state index contributed by atoms with van der Waals surface area (Å²) in [5.41, 5.74) is 0.473. The molecule has 23 heavy (non-hydrogen) atoms. The van der Waals surface area contributed by atoms with E-state index in [0.29, 0.717) is 5.41 Å². The molecule has 0 saturated carbocycles. The van der Waals surface area contributed by atoms with Gasteiger partial charge in [-0.2, -0.15) is 0 Å². The van der Waals surface area contributed by atoms with Gasteiger partial charge in [0.05, 0.1) is 0 Å². The van der Waals surface area contributed by atoms with Gasteiger partial charge in [0.1, 0.15) is 0 Å². The van der Waals surface area contributed by atoms with Crippen LogP contribution in [0.25, 0.3) is 0 Å². The van der Waals surface area contributed by atoms with Crippen molar-refractivity contribution in [2.24, 2.45) is 10.4 Å². The molecule has 2 fully saturated rings. The van der Waals surface area contributed by atoms with Crippen LogP contribution in [0.2, 0.25) is 0 Å². The SMILES string of the molecule is CCCC1(C)CCCN(C(=NC)NCCCCN2CCCC2)C1. The summed E-state index contributed by atoms with van der Waals surface area (Å²) in [5, 5.41) is 3.60. The fraction of sp³-hybridized carbons (Fsp3) is 0.947. The molecule has 0 aliphatic carbocycles. The molecule has 0 spiro atoms. The molecule has 134 valence electrons. The molecule has 0 radical (unpaired) electrons. The Bertz CT molecular complexity index is 358. The number of unbranched alkanes of at least 4 members (excludes halogenated alkanes) is 1. The van der Waals surface area contributed by atoms with Gasteiger partial charge in [0.25, 0.3) is 0 Å². The highest BCUT2D eigenvalue weighted by Gasteiger charge is 2.31. The van der Waals surface area contributed by atoms with Gasteiger partial charge in [-0.3, -0.25) is 4.99 Å². The summed E-state index contributed by atoms with van der Waals surface area (Å²) >= 11 is 0. The number of piperidine rings is 1. The number of rotatable bonds is 7. The van der Waals surface area contributed by atoms with Crippen molar-refractivity contribution < 1.29 is 0 Å². The van der Waals surface area contributed by atoms with Crippen molar-refractivity contribution in [1.29, 1.82) is 0 Å². The van der Waals surface area contributed by atoms with Gasteiger partial charge in [0.15, 0.2) is 5.96 Å². The molecule has 0 aromatic carbocycles. The minimum Gasteiger partial charge on any atom is -0.356 e. The topological polar surface area (TPSA) is 30.9 Å². The second-order valence-electron chi connectivity index (χ2n) is 7.82. The lowest BCUT2D eigenvalue weighted by atomic mass is 9.78. The van der Waals surface area contributed by atoms with Gasteiger partial charge < -0.3 is 15.1 Å². The monoisotopic (exact) mass is 322 g/mol. The molecule has 0 aromatic rings. The molecule has 2 rings (SSSR count). The Kier molecular flexibility index (Phi) is 7.68. The molecule has 2 aliphatic rings. The second kappa shape index (κ2) is 9.51. The van der Waals surface area contributed by atoms with E-state index in [-0.39, 0.29) is 0 Å². The number of hydrogen-bond acceptors (Lipinski definition) is 2. The van der Waals surface area contributed by atoms with Crippen LogP contribution in [-0.4, -0.2) is 62.1 Å². The number of hydrogen-bond donors (Lipinski definition) is 1. The maximum absolute atomic E-state index is 4.53. The third-order valence-electron chi connectivity index (χ3n) is 5.53. The van der Waals surface area contributed by atoms with Gasteiger partial charge in [0.2, 0.25) is 0 Å². The lowest BCUT2D eigenvalue weighted by Crippen LogP contribution is -2.50. The average Bonchev–Trinajstić information content (AvgIpc) is 3.04. The van der Waals surface area contributed by atoms with E-state index < -0.39 is 0 Å². The van der Waals surface area contributed by atoms with Gasteiger partial charge in [0, 0.05) is 26.7 Å². The van der Waals surface area contributed by atoms with Gasteiger partial charge >= 0.3 is 0 Å². The Morgan fingerprint density at radius 1 is 1.13 bits per heavy atom. The maximum Gasteiger partial charge on any atom is 0.193 e.